The minimum absolute atomic E-state index is 0. The van der Waals surface area contributed by atoms with Gasteiger partial charge < -0.3 is 9.64 Å². The highest BCUT2D eigenvalue weighted by Crippen LogP contribution is 2.43. The molecule has 1 aliphatic heterocycles. The Labute approximate surface area is 126 Å². The van der Waals surface area contributed by atoms with Gasteiger partial charge >= 0.3 is 0 Å². The van der Waals surface area contributed by atoms with E-state index in [0.717, 1.165) is 37.1 Å². The van der Waals surface area contributed by atoms with Gasteiger partial charge in [0.15, 0.2) is 0 Å². The summed E-state index contributed by atoms with van der Waals surface area (Å²) < 4.78 is 5.50. The molecule has 0 unspecified atom stereocenters. The summed E-state index contributed by atoms with van der Waals surface area (Å²) in [5.74, 6) is 3.31. The molecule has 0 spiro atoms. The number of halogens is 2. The fraction of sp³-hybridized carbons (Fsp3) is 0.600. The van der Waals surface area contributed by atoms with Gasteiger partial charge in [-0.3, -0.25) is 0 Å². The number of ether oxygens (including phenoxy) is 1. The van der Waals surface area contributed by atoms with Crippen LogP contribution in [0.3, 0.4) is 0 Å². The van der Waals surface area contributed by atoms with Crippen LogP contribution in [0.1, 0.15) is 23.5 Å². The summed E-state index contributed by atoms with van der Waals surface area (Å²) in [5, 5.41) is 0. The quantitative estimate of drug-likeness (QED) is 0.794. The van der Waals surface area contributed by atoms with Gasteiger partial charge in [0.05, 0.1) is 7.11 Å². The van der Waals surface area contributed by atoms with Crippen LogP contribution in [0.15, 0.2) is 18.2 Å². The molecule has 1 aromatic carbocycles. The van der Waals surface area contributed by atoms with E-state index in [0.29, 0.717) is 5.92 Å². The zero-order valence-electron chi connectivity index (χ0n) is 11.3. The second-order valence-electron chi connectivity index (χ2n) is 5.38. The van der Waals surface area contributed by atoms with Crippen molar-refractivity contribution < 1.29 is 4.74 Å². The van der Waals surface area contributed by atoms with Crippen molar-refractivity contribution in [3.05, 3.63) is 29.3 Å². The molecular formula is C15H21Cl2NO. The molecule has 2 aliphatic rings. The number of alkyl halides is 1. The molecule has 1 aromatic rings. The minimum Gasteiger partial charge on any atom is -0.496 e. The van der Waals surface area contributed by atoms with Gasteiger partial charge in [-0.25, -0.2) is 0 Å². The highest BCUT2D eigenvalue weighted by molar-refractivity contribution is 6.18. The van der Waals surface area contributed by atoms with Crippen molar-refractivity contribution in [2.24, 2.45) is 5.92 Å². The van der Waals surface area contributed by atoms with Crippen molar-refractivity contribution in [2.45, 2.75) is 18.8 Å². The lowest BCUT2D eigenvalue weighted by molar-refractivity contribution is 0.339. The van der Waals surface area contributed by atoms with Crippen molar-refractivity contribution in [1.82, 2.24) is 4.90 Å². The molecule has 4 heteroatoms. The Morgan fingerprint density at radius 1 is 1.37 bits per heavy atom. The van der Waals surface area contributed by atoms with Gasteiger partial charge in [0.1, 0.15) is 5.75 Å². The first-order chi connectivity index (χ1) is 8.83. The fourth-order valence-electron chi connectivity index (χ4n) is 3.63. The Hall–Kier alpha value is -0.440. The molecule has 2 nitrogen and oxygen atoms in total. The molecule has 0 saturated carbocycles. The average Bonchev–Trinajstić information content (AvgIpc) is 2.81. The summed E-state index contributed by atoms with van der Waals surface area (Å²) in [5.41, 5.74) is 2.96. The molecule has 19 heavy (non-hydrogen) atoms. The molecule has 0 radical (unpaired) electrons. The van der Waals surface area contributed by atoms with Crippen LogP contribution in [0.4, 0.5) is 0 Å². The number of hydrogen-bond donors (Lipinski definition) is 0. The Kier molecular flexibility index (Phi) is 4.99. The van der Waals surface area contributed by atoms with E-state index in [1.54, 1.807) is 7.11 Å². The summed E-state index contributed by atoms with van der Waals surface area (Å²) in [4.78, 5) is 2.51. The number of likely N-dealkylation sites (tertiary alicyclic amines) is 1. The van der Waals surface area contributed by atoms with Crippen molar-refractivity contribution in [3.8, 4) is 5.75 Å². The van der Waals surface area contributed by atoms with Gasteiger partial charge in [0, 0.05) is 31.4 Å². The van der Waals surface area contributed by atoms with Gasteiger partial charge in [-0.05, 0) is 36.0 Å². The van der Waals surface area contributed by atoms with Crippen LogP contribution in [0, 0.1) is 5.92 Å². The predicted octanol–water partition coefficient (Wildman–Crippen LogP) is 3.32. The van der Waals surface area contributed by atoms with Crippen molar-refractivity contribution in [1.29, 1.82) is 0 Å². The van der Waals surface area contributed by atoms with Crippen molar-refractivity contribution in [2.75, 3.05) is 32.6 Å². The predicted molar refractivity (Wildman–Crippen MR) is 82.0 cm³/mol. The van der Waals surface area contributed by atoms with E-state index in [1.807, 2.05) is 0 Å². The largest absolute Gasteiger partial charge is 0.496 e. The van der Waals surface area contributed by atoms with E-state index in [1.165, 1.54) is 24.1 Å². The van der Waals surface area contributed by atoms with Crippen LogP contribution in [0.2, 0.25) is 0 Å². The number of hydrogen-bond acceptors (Lipinski definition) is 2. The van der Waals surface area contributed by atoms with E-state index >= 15 is 0 Å². The van der Waals surface area contributed by atoms with Crippen LogP contribution in [0.25, 0.3) is 0 Å². The van der Waals surface area contributed by atoms with Gasteiger partial charge in [-0.2, -0.15) is 0 Å². The van der Waals surface area contributed by atoms with Crippen molar-refractivity contribution in [3.63, 3.8) is 0 Å². The Morgan fingerprint density at radius 3 is 2.95 bits per heavy atom. The van der Waals surface area contributed by atoms with Crippen LogP contribution in [0.5, 0.6) is 5.75 Å². The van der Waals surface area contributed by atoms with E-state index < -0.39 is 0 Å². The van der Waals surface area contributed by atoms with E-state index in [2.05, 4.69) is 23.1 Å². The molecule has 0 bridgehead atoms. The van der Waals surface area contributed by atoms with Crippen molar-refractivity contribution >= 4 is 24.0 Å². The lowest BCUT2D eigenvalue weighted by Crippen LogP contribution is -2.22. The summed E-state index contributed by atoms with van der Waals surface area (Å²) in [6.45, 7) is 3.40. The maximum Gasteiger partial charge on any atom is 0.122 e. The van der Waals surface area contributed by atoms with Gasteiger partial charge in [-0.1, -0.05) is 12.1 Å². The molecule has 1 heterocycles. The second kappa shape index (κ2) is 6.34. The highest BCUT2D eigenvalue weighted by Gasteiger charge is 2.37. The Morgan fingerprint density at radius 2 is 2.21 bits per heavy atom. The zero-order chi connectivity index (χ0) is 12.5. The van der Waals surface area contributed by atoms with Gasteiger partial charge in [0.2, 0.25) is 0 Å². The molecule has 1 fully saturated rings. The first-order valence-corrected chi connectivity index (χ1v) is 7.31. The van der Waals surface area contributed by atoms with Crippen LogP contribution in [-0.4, -0.2) is 37.5 Å². The molecule has 0 amide bonds. The van der Waals surface area contributed by atoms with Crippen LogP contribution >= 0.6 is 24.0 Å². The second-order valence-corrected chi connectivity index (χ2v) is 5.76. The topological polar surface area (TPSA) is 12.5 Å². The molecular weight excluding hydrogens is 281 g/mol. The standard InChI is InChI=1S/C15H20ClNO.ClH/c1-18-15-4-2-3-12-13(15)6-5-11-9-17(8-7-16)10-14(11)12;/h2-4,11,14H,5-10H2,1H3;1H/t11-,14+;/m0./s1. The van der Waals surface area contributed by atoms with Gasteiger partial charge in [-0.15, -0.1) is 24.0 Å². The third-order valence-electron chi connectivity index (χ3n) is 4.47. The van der Waals surface area contributed by atoms with Crippen LogP contribution in [-0.2, 0) is 6.42 Å². The third-order valence-corrected chi connectivity index (χ3v) is 4.64. The lowest BCUT2D eigenvalue weighted by Gasteiger charge is -2.28. The molecule has 3 rings (SSSR count). The number of fused-ring (bicyclic) bond motifs is 3. The fourth-order valence-corrected chi connectivity index (χ4v) is 3.87. The first-order valence-electron chi connectivity index (χ1n) is 6.77. The molecule has 1 aliphatic carbocycles. The van der Waals surface area contributed by atoms with E-state index in [9.17, 15) is 0 Å². The number of methoxy groups -OCH3 is 1. The summed E-state index contributed by atoms with van der Waals surface area (Å²) in [6.07, 6.45) is 2.45. The minimum atomic E-state index is 0. The third kappa shape index (κ3) is 2.72. The highest BCUT2D eigenvalue weighted by atomic mass is 35.5. The summed E-state index contributed by atoms with van der Waals surface area (Å²) >= 11 is 5.87. The lowest BCUT2D eigenvalue weighted by atomic mass is 9.77. The number of nitrogens with zero attached hydrogens (tertiary/aromatic N) is 1. The van der Waals surface area contributed by atoms with Crippen LogP contribution < -0.4 is 4.74 Å². The molecule has 0 N–H and O–H groups in total. The Balaban J connectivity index is 0.00000133. The molecule has 2 atom stereocenters. The maximum absolute atomic E-state index is 5.87. The average molecular weight is 302 g/mol. The van der Waals surface area contributed by atoms with E-state index in [4.69, 9.17) is 16.3 Å². The number of benzene rings is 1. The maximum atomic E-state index is 5.87. The number of rotatable bonds is 3. The summed E-state index contributed by atoms with van der Waals surface area (Å²) in [7, 11) is 1.77. The zero-order valence-corrected chi connectivity index (χ0v) is 12.8. The molecule has 0 aromatic heterocycles. The normalized spacial score (nSPS) is 25.4. The summed E-state index contributed by atoms with van der Waals surface area (Å²) in [6, 6.07) is 6.51. The first kappa shape index (κ1) is 15.0. The smallest absolute Gasteiger partial charge is 0.122 e. The molecule has 1 saturated heterocycles. The molecule has 106 valence electrons. The van der Waals surface area contributed by atoms with E-state index in [-0.39, 0.29) is 12.4 Å². The SMILES string of the molecule is COc1cccc2c1CC[C@H]1CN(CCCl)C[C@@H]21.Cl. The Bertz CT molecular complexity index is 438. The monoisotopic (exact) mass is 301 g/mol. The van der Waals surface area contributed by atoms with Gasteiger partial charge in [0.25, 0.3) is 0 Å².